The minimum absolute atomic E-state index is 0.0737. The van der Waals surface area contributed by atoms with Crippen LogP contribution in [-0.2, 0) is 6.42 Å². The van der Waals surface area contributed by atoms with Crippen LogP contribution in [0.1, 0.15) is 52.1 Å². The maximum absolute atomic E-state index is 12.9. The molecular weight excluding hydrogens is 312 g/mol. The zero-order chi connectivity index (χ0) is 18.0. The fourth-order valence-corrected chi connectivity index (χ4v) is 2.60. The van der Waals surface area contributed by atoms with Gasteiger partial charge in [-0.15, -0.1) is 0 Å². The van der Waals surface area contributed by atoms with Gasteiger partial charge in [-0.3, -0.25) is 14.4 Å². The zero-order valence-corrected chi connectivity index (χ0v) is 14.0. The number of benzene rings is 1. The lowest BCUT2D eigenvalue weighted by atomic mass is 10.1. The van der Waals surface area contributed by atoms with E-state index in [9.17, 15) is 19.2 Å². The Morgan fingerprint density at radius 2 is 1.54 bits per heavy atom. The van der Waals surface area contributed by atoms with Crippen molar-refractivity contribution in [1.82, 2.24) is 9.13 Å². The molecule has 126 valence electrons. The van der Waals surface area contributed by atoms with Crippen LogP contribution >= 0.6 is 0 Å². The quantitative estimate of drug-likeness (QED) is 0.797. The Labute approximate surface area is 138 Å². The highest BCUT2D eigenvalue weighted by atomic mass is 16.5. The Morgan fingerprint density at radius 3 is 1.96 bits per heavy atom. The Morgan fingerprint density at radius 1 is 1.00 bits per heavy atom. The first-order chi connectivity index (χ1) is 11.3. The van der Waals surface area contributed by atoms with Crippen molar-refractivity contribution < 1.29 is 19.1 Å². The lowest BCUT2D eigenvalue weighted by Crippen LogP contribution is -2.31. The molecule has 2 aromatic rings. The number of methoxy groups -OCH3 is 1. The fourth-order valence-electron chi connectivity index (χ4n) is 2.60. The summed E-state index contributed by atoms with van der Waals surface area (Å²) in [4.78, 5) is 48.9. The van der Waals surface area contributed by atoms with Gasteiger partial charge in [0.2, 0.25) is 17.6 Å². The highest BCUT2D eigenvalue weighted by Crippen LogP contribution is 2.18. The molecule has 0 atom stereocenters. The number of ketones is 1. The maximum atomic E-state index is 12.9. The van der Waals surface area contributed by atoms with E-state index in [0.29, 0.717) is 11.3 Å². The van der Waals surface area contributed by atoms with Crippen molar-refractivity contribution in [3.8, 4) is 5.75 Å². The van der Waals surface area contributed by atoms with E-state index in [1.165, 1.54) is 21.0 Å². The molecule has 0 aliphatic carbocycles. The number of hydrogen-bond donors (Lipinski definition) is 0. The molecule has 0 spiro atoms. The predicted molar refractivity (Wildman–Crippen MR) is 87.1 cm³/mol. The first-order valence-electron chi connectivity index (χ1n) is 7.40. The van der Waals surface area contributed by atoms with Gasteiger partial charge < -0.3 is 4.74 Å². The van der Waals surface area contributed by atoms with E-state index in [-0.39, 0.29) is 17.8 Å². The van der Waals surface area contributed by atoms with Gasteiger partial charge in [0, 0.05) is 19.4 Å². The molecule has 0 aliphatic rings. The number of imidazole rings is 1. The van der Waals surface area contributed by atoms with Gasteiger partial charge in [-0.1, -0.05) is 6.92 Å². The smallest absolute Gasteiger partial charge is 0.342 e. The second kappa shape index (κ2) is 6.66. The molecule has 0 amide bonds. The highest BCUT2D eigenvalue weighted by Gasteiger charge is 2.28. The van der Waals surface area contributed by atoms with Gasteiger partial charge in [0.15, 0.2) is 0 Å². The van der Waals surface area contributed by atoms with E-state index >= 15 is 0 Å². The molecule has 0 saturated heterocycles. The fraction of sp³-hybridized carbons (Fsp3) is 0.294. The summed E-state index contributed by atoms with van der Waals surface area (Å²) < 4.78 is 6.68. The van der Waals surface area contributed by atoms with Crippen LogP contribution < -0.4 is 10.4 Å². The van der Waals surface area contributed by atoms with Crippen molar-refractivity contribution in [1.29, 1.82) is 0 Å². The Bertz CT molecular complexity index is 872. The summed E-state index contributed by atoms with van der Waals surface area (Å²) in [5.41, 5.74) is -0.371. The lowest BCUT2D eigenvalue weighted by Gasteiger charge is -2.07. The topological polar surface area (TPSA) is 87.4 Å². The third-order valence-corrected chi connectivity index (χ3v) is 3.68. The number of carbonyl (C=O) groups is 3. The van der Waals surface area contributed by atoms with Crippen LogP contribution in [0.2, 0.25) is 0 Å². The Kier molecular flexibility index (Phi) is 4.82. The molecule has 0 bridgehead atoms. The maximum Gasteiger partial charge on any atom is 0.342 e. The van der Waals surface area contributed by atoms with Gasteiger partial charge in [-0.2, -0.15) is 0 Å². The van der Waals surface area contributed by atoms with Crippen LogP contribution in [0.3, 0.4) is 0 Å². The van der Waals surface area contributed by atoms with Crippen molar-refractivity contribution in [2.75, 3.05) is 7.11 Å². The van der Waals surface area contributed by atoms with E-state index in [2.05, 4.69) is 0 Å². The largest absolute Gasteiger partial charge is 0.497 e. The molecule has 2 rings (SSSR count). The summed E-state index contributed by atoms with van der Waals surface area (Å²) in [5, 5.41) is 0. The number of ether oxygens (including phenoxy) is 1. The molecule has 0 unspecified atom stereocenters. The lowest BCUT2D eigenvalue weighted by molar-refractivity contribution is 0.0905. The van der Waals surface area contributed by atoms with E-state index in [4.69, 9.17) is 4.74 Å². The molecule has 0 saturated carbocycles. The van der Waals surface area contributed by atoms with Crippen LogP contribution in [0.25, 0.3) is 0 Å². The van der Waals surface area contributed by atoms with Gasteiger partial charge in [-0.05, 0) is 30.7 Å². The molecule has 1 aromatic heterocycles. The van der Waals surface area contributed by atoms with E-state index in [0.717, 1.165) is 9.13 Å². The van der Waals surface area contributed by atoms with E-state index < -0.39 is 23.3 Å². The summed E-state index contributed by atoms with van der Waals surface area (Å²) in [6, 6.07) is 6.30. The van der Waals surface area contributed by atoms with E-state index in [1.54, 1.807) is 31.2 Å². The molecule has 1 heterocycles. The number of carbonyl (C=O) groups excluding carboxylic acids is 3. The van der Waals surface area contributed by atoms with Gasteiger partial charge in [0.25, 0.3) is 0 Å². The monoisotopic (exact) mass is 330 g/mol. The third-order valence-electron chi connectivity index (χ3n) is 3.68. The minimum atomic E-state index is -0.816. The van der Waals surface area contributed by atoms with Crippen LogP contribution in [0.5, 0.6) is 5.75 Å². The molecule has 7 heteroatoms. The summed E-state index contributed by atoms with van der Waals surface area (Å²) >= 11 is 0. The molecule has 1 aromatic carbocycles. The van der Waals surface area contributed by atoms with Gasteiger partial charge >= 0.3 is 5.69 Å². The van der Waals surface area contributed by atoms with E-state index in [1.807, 2.05) is 0 Å². The molecule has 0 radical (unpaired) electrons. The predicted octanol–water partition coefficient (Wildman–Crippen LogP) is 1.77. The summed E-state index contributed by atoms with van der Waals surface area (Å²) in [6.45, 7) is 4.10. The number of rotatable bonds is 4. The van der Waals surface area contributed by atoms with Crippen LogP contribution in [-0.4, -0.2) is 33.8 Å². The standard InChI is InChI=1S/C17H18N2O5/c1-5-14-15(16(22)12-6-8-13(24-4)9-7-12)19(11(3)21)17(23)18(14)10(2)20/h6-9H,5H2,1-4H3. The number of hydrogen-bond acceptors (Lipinski definition) is 5. The number of nitrogens with zero attached hydrogens (tertiary/aromatic N) is 2. The first kappa shape index (κ1) is 17.4. The Hall–Kier alpha value is -2.96. The van der Waals surface area contributed by atoms with Crippen LogP contribution in [0, 0.1) is 0 Å². The summed E-state index contributed by atoms with van der Waals surface area (Å²) in [6.07, 6.45) is 0.256. The zero-order valence-electron chi connectivity index (χ0n) is 14.0. The third kappa shape index (κ3) is 2.80. The minimum Gasteiger partial charge on any atom is -0.497 e. The van der Waals surface area contributed by atoms with Crippen LogP contribution in [0.4, 0.5) is 0 Å². The summed E-state index contributed by atoms with van der Waals surface area (Å²) in [5.74, 6) is -1.08. The first-order valence-corrected chi connectivity index (χ1v) is 7.40. The average Bonchev–Trinajstić information content (AvgIpc) is 2.86. The average molecular weight is 330 g/mol. The molecular formula is C17H18N2O5. The van der Waals surface area contributed by atoms with Gasteiger partial charge in [0.1, 0.15) is 11.4 Å². The number of aromatic nitrogens is 2. The molecule has 0 fully saturated rings. The van der Waals surface area contributed by atoms with Gasteiger partial charge in [0.05, 0.1) is 12.8 Å². The SMILES string of the molecule is CCc1c(C(=O)c2ccc(OC)cc2)n(C(C)=O)c(=O)n1C(C)=O. The molecule has 0 aliphatic heterocycles. The van der Waals surface area contributed by atoms with Crippen molar-refractivity contribution in [3.63, 3.8) is 0 Å². The Balaban J connectivity index is 2.73. The van der Waals surface area contributed by atoms with Crippen molar-refractivity contribution >= 4 is 17.6 Å². The van der Waals surface area contributed by atoms with Crippen molar-refractivity contribution in [2.45, 2.75) is 27.2 Å². The molecule has 7 nitrogen and oxygen atoms in total. The van der Waals surface area contributed by atoms with Gasteiger partial charge in [-0.25, -0.2) is 13.9 Å². The normalized spacial score (nSPS) is 10.5. The second-order valence-corrected chi connectivity index (χ2v) is 5.20. The molecule has 0 N–H and O–H groups in total. The van der Waals surface area contributed by atoms with Crippen molar-refractivity contribution in [3.05, 3.63) is 51.7 Å². The highest BCUT2D eigenvalue weighted by molar-refractivity contribution is 6.10. The summed E-state index contributed by atoms with van der Waals surface area (Å²) in [7, 11) is 1.51. The second-order valence-electron chi connectivity index (χ2n) is 5.20. The van der Waals surface area contributed by atoms with Crippen LogP contribution in [0.15, 0.2) is 29.1 Å². The molecule has 24 heavy (non-hydrogen) atoms. The van der Waals surface area contributed by atoms with Crippen molar-refractivity contribution in [2.24, 2.45) is 0 Å².